The molecule has 1 N–H and O–H groups in total. The number of hydrogen-bond acceptors (Lipinski definition) is 4. The van der Waals surface area contributed by atoms with Gasteiger partial charge in [-0.1, -0.05) is 12.1 Å². The van der Waals surface area contributed by atoms with E-state index in [9.17, 15) is 18.0 Å². The fourth-order valence-corrected chi connectivity index (χ4v) is 3.71. The van der Waals surface area contributed by atoms with Gasteiger partial charge in [0.15, 0.2) is 0 Å². The average molecular weight is 310 g/mol. The zero-order valence-electron chi connectivity index (χ0n) is 12.2. The maximum atomic E-state index is 12.3. The summed E-state index contributed by atoms with van der Waals surface area (Å²) in [6, 6.07) is 6.06. The SMILES string of the molecule is CC(C)(C)NC(=O)CCN1C(=O)c2ccccc2S1(=O)=O. The number of benzene rings is 1. The van der Waals surface area contributed by atoms with Crippen molar-refractivity contribution in [2.75, 3.05) is 6.54 Å². The number of nitrogens with one attached hydrogen (secondary N) is 1. The van der Waals surface area contributed by atoms with E-state index in [1.807, 2.05) is 20.8 Å². The Morgan fingerprint density at radius 2 is 1.86 bits per heavy atom. The third-order valence-electron chi connectivity index (χ3n) is 2.97. The van der Waals surface area contributed by atoms with Crippen LogP contribution >= 0.6 is 0 Å². The van der Waals surface area contributed by atoms with Crippen LogP contribution in [0.15, 0.2) is 29.2 Å². The first kappa shape index (κ1) is 15.5. The van der Waals surface area contributed by atoms with Gasteiger partial charge in [-0.3, -0.25) is 9.59 Å². The molecule has 6 nitrogen and oxygen atoms in total. The number of amides is 2. The van der Waals surface area contributed by atoms with Gasteiger partial charge in [0.2, 0.25) is 5.91 Å². The van der Waals surface area contributed by atoms with Crippen LogP contribution in [0.25, 0.3) is 0 Å². The summed E-state index contributed by atoms with van der Waals surface area (Å²) >= 11 is 0. The Bertz CT molecular complexity index is 689. The molecule has 0 fully saturated rings. The highest BCUT2D eigenvalue weighted by Crippen LogP contribution is 2.29. The lowest BCUT2D eigenvalue weighted by molar-refractivity contribution is -0.122. The Morgan fingerprint density at radius 1 is 1.24 bits per heavy atom. The summed E-state index contributed by atoms with van der Waals surface area (Å²) < 4.78 is 25.3. The molecule has 1 aliphatic rings. The molecule has 0 saturated carbocycles. The molecule has 1 aliphatic heterocycles. The third kappa shape index (κ3) is 3.07. The topological polar surface area (TPSA) is 83.6 Å². The summed E-state index contributed by atoms with van der Waals surface area (Å²) in [7, 11) is -3.83. The van der Waals surface area contributed by atoms with Crippen molar-refractivity contribution in [1.82, 2.24) is 9.62 Å². The monoisotopic (exact) mass is 310 g/mol. The largest absolute Gasteiger partial charge is 0.351 e. The van der Waals surface area contributed by atoms with Crippen molar-refractivity contribution in [2.24, 2.45) is 0 Å². The van der Waals surface area contributed by atoms with Crippen molar-refractivity contribution in [2.45, 2.75) is 37.6 Å². The standard InChI is InChI=1S/C14H18N2O4S/c1-14(2,3)15-12(17)8-9-16-13(18)10-6-4-5-7-11(10)21(16,19)20/h4-7H,8-9H2,1-3H3,(H,15,17). The van der Waals surface area contributed by atoms with E-state index in [0.717, 1.165) is 4.31 Å². The van der Waals surface area contributed by atoms with Crippen LogP contribution in [-0.2, 0) is 14.8 Å². The van der Waals surface area contributed by atoms with Gasteiger partial charge in [-0.15, -0.1) is 0 Å². The average Bonchev–Trinajstić information content (AvgIpc) is 2.54. The lowest BCUT2D eigenvalue weighted by atomic mass is 10.1. The first-order valence-corrected chi connectivity index (χ1v) is 8.04. The number of rotatable bonds is 3. The predicted octanol–water partition coefficient (Wildman–Crippen LogP) is 1.14. The molecule has 0 saturated heterocycles. The van der Waals surface area contributed by atoms with Gasteiger partial charge in [-0.05, 0) is 32.9 Å². The van der Waals surface area contributed by atoms with E-state index in [-0.39, 0.29) is 29.3 Å². The van der Waals surface area contributed by atoms with Crippen LogP contribution in [0.3, 0.4) is 0 Å². The number of nitrogens with zero attached hydrogens (tertiary/aromatic N) is 1. The second kappa shape index (κ2) is 5.14. The summed E-state index contributed by atoms with van der Waals surface area (Å²) in [5.41, 5.74) is -0.234. The maximum absolute atomic E-state index is 12.3. The van der Waals surface area contributed by atoms with Gasteiger partial charge in [0.1, 0.15) is 4.90 Å². The van der Waals surface area contributed by atoms with E-state index in [1.54, 1.807) is 12.1 Å². The molecule has 0 atom stereocenters. The Kier molecular flexibility index (Phi) is 3.79. The second-order valence-corrected chi connectivity index (χ2v) is 7.76. The summed E-state index contributed by atoms with van der Waals surface area (Å²) in [4.78, 5) is 23.9. The van der Waals surface area contributed by atoms with Gasteiger partial charge < -0.3 is 5.32 Å². The first-order chi connectivity index (χ1) is 9.63. The van der Waals surface area contributed by atoms with Crippen LogP contribution in [0.5, 0.6) is 0 Å². The van der Waals surface area contributed by atoms with Crippen LogP contribution in [0, 0.1) is 0 Å². The maximum Gasteiger partial charge on any atom is 0.269 e. The Hall–Kier alpha value is -1.89. The molecule has 2 rings (SSSR count). The Morgan fingerprint density at radius 3 is 2.43 bits per heavy atom. The zero-order chi connectivity index (χ0) is 15.8. The number of hydrogen-bond donors (Lipinski definition) is 1. The fourth-order valence-electron chi connectivity index (χ4n) is 2.14. The molecule has 1 heterocycles. The van der Waals surface area contributed by atoms with E-state index in [4.69, 9.17) is 0 Å². The molecular formula is C14H18N2O4S. The first-order valence-electron chi connectivity index (χ1n) is 6.60. The van der Waals surface area contributed by atoms with E-state index < -0.39 is 21.5 Å². The van der Waals surface area contributed by atoms with E-state index in [2.05, 4.69) is 5.32 Å². The molecular weight excluding hydrogens is 292 g/mol. The second-order valence-electron chi connectivity index (χ2n) is 5.93. The molecule has 0 spiro atoms. The molecule has 1 aromatic rings. The molecule has 0 radical (unpaired) electrons. The summed E-state index contributed by atoms with van der Waals surface area (Å²) in [6.45, 7) is 5.34. The lowest BCUT2D eigenvalue weighted by Gasteiger charge is -2.21. The van der Waals surface area contributed by atoms with E-state index in [1.165, 1.54) is 12.1 Å². The smallest absolute Gasteiger partial charge is 0.269 e. The van der Waals surface area contributed by atoms with Crippen molar-refractivity contribution in [1.29, 1.82) is 0 Å². The van der Waals surface area contributed by atoms with Gasteiger partial charge in [-0.2, -0.15) is 0 Å². The van der Waals surface area contributed by atoms with Gasteiger partial charge in [0.05, 0.1) is 5.56 Å². The minimum Gasteiger partial charge on any atom is -0.351 e. The normalized spacial score (nSPS) is 16.7. The van der Waals surface area contributed by atoms with Crippen molar-refractivity contribution in [3.05, 3.63) is 29.8 Å². The highest BCUT2D eigenvalue weighted by atomic mass is 32.2. The van der Waals surface area contributed by atoms with Crippen LogP contribution in [0.2, 0.25) is 0 Å². The highest BCUT2D eigenvalue weighted by molar-refractivity contribution is 7.90. The number of fused-ring (bicyclic) bond motifs is 1. The minimum absolute atomic E-state index is 0.00577. The molecule has 1 aromatic carbocycles. The molecule has 21 heavy (non-hydrogen) atoms. The molecule has 0 unspecified atom stereocenters. The Balaban J connectivity index is 2.13. The number of carbonyl (C=O) groups is 2. The van der Waals surface area contributed by atoms with Gasteiger partial charge in [0, 0.05) is 18.5 Å². The van der Waals surface area contributed by atoms with Crippen LogP contribution in [-0.4, -0.2) is 36.6 Å². The quantitative estimate of drug-likeness (QED) is 0.907. The summed E-state index contributed by atoms with van der Waals surface area (Å²) in [5.74, 6) is -0.865. The number of carbonyl (C=O) groups excluding carboxylic acids is 2. The summed E-state index contributed by atoms with van der Waals surface area (Å²) in [5, 5.41) is 2.73. The summed E-state index contributed by atoms with van der Waals surface area (Å²) in [6.07, 6.45) is -0.0593. The van der Waals surface area contributed by atoms with Gasteiger partial charge >= 0.3 is 0 Å². The van der Waals surface area contributed by atoms with Crippen LogP contribution < -0.4 is 5.32 Å². The van der Waals surface area contributed by atoms with E-state index in [0.29, 0.717) is 0 Å². The van der Waals surface area contributed by atoms with Crippen molar-refractivity contribution in [3.63, 3.8) is 0 Å². The number of sulfonamides is 1. The molecule has 7 heteroatoms. The lowest BCUT2D eigenvalue weighted by Crippen LogP contribution is -2.42. The molecule has 114 valence electrons. The zero-order valence-corrected chi connectivity index (χ0v) is 13.0. The van der Waals surface area contributed by atoms with Crippen molar-refractivity contribution < 1.29 is 18.0 Å². The minimum atomic E-state index is -3.83. The Labute approximate surface area is 124 Å². The van der Waals surface area contributed by atoms with Crippen molar-refractivity contribution >= 4 is 21.8 Å². The van der Waals surface area contributed by atoms with Crippen LogP contribution in [0.1, 0.15) is 37.6 Å². The molecule has 0 aliphatic carbocycles. The van der Waals surface area contributed by atoms with E-state index >= 15 is 0 Å². The fraction of sp³-hybridized carbons (Fsp3) is 0.429. The van der Waals surface area contributed by atoms with Crippen molar-refractivity contribution in [3.8, 4) is 0 Å². The van der Waals surface area contributed by atoms with Gasteiger partial charge in [0.25, 0.3) is 15.9 Å². The molecule has 0 aromatic heterocycles. The van der Waals surface area contributed by atoms with Crippen LogP contribution in [0.4, 0.5) is 0 Å². The highest BCUT2D eigenvalue weighted by Gasteiger charge is 2.40. The molecule has 0 bridgehead atoms. The third-order valence-corrected chi connectivity index (χ3v) is 4.81. The van der Waals surface area contributed by atoms with Gasteiger partial charge in [-0.25, -0.2) is 12.7 Å². The predicted molar refractivity (Wildman–Crippen MR) is 77.2 cm³/mol. The molecule has 2 amide bonds.